The predicted octanol–water partition coefficient (Wildman–Crippen LogP) is 3.29. The Balaban J connectivity index is 2.17. The summed E-state index contributed by atoms with van der Waals surface area (Å²) in [5, 5.41) is 0. The molecule has 0 saturated heterocycles. The van der Waals surface area contributed by atoms with E-state index in [1.54, 1.807) is 4.88 Å². The molecule has 72 valence electrons. The van der Waals surface area contributed by atoms with Crippen LogP contribution >= 0.6 is 11.3 Å². The molecule has 1 aliphatic carbocycles. The SMILES string of the molecule is CC(C)C1CCCc2ncsc2C1. The van der Waals surface area contributed by atoms with Crippen LogP contribution in [0.5, 0.6) is 0 Å². The van der Waals surface area contributed by atoms with Crippen LogP contribution < -0.4 is 0 Å². The van der Waals surface area contributed by atoms with Gasteiger partial charge in [-0.3, -0.25) is 0 Å². The van der Waals surface area contributed by atoms with Gasteiger partial charge in [-0.2, -0.15) is 0 Å². The Morgan fingerprint density at radius 2 is 2.38 bits per heavy atom. The molecular formula is C11H17NS. The summed E-state index contributed by atoms with van der Waals surface area (Å²) < 4.78 is 0. The van der Waals surface area contributed by atoms with Crippen LogP contribution in [0.2, 0.25) is 0 Å². The zero-order chi connectivity index (χ0) is 9.26. The molecule has 0 saturated carbocycles. The number of thiazole rings is 1. The van der Waals surface area contributed by atoms with Gasteiger partial charge in [0.25, 0.3) is 0 Å². The van der Waals surface area contributed by atoms with E-state index < -0.39 is 0 Å². The maximum Gasteiger partial charge on any atom is 0.0797 e. The molecule has 0 N–H and O–H groups in total. The third-order valence-corrected chi connectivity index (χ3v) is 4.00. The van der Waals surface area contributed by atoms with Gasteiger partial charge >= 0.3 is 0 Å². The first-order chi connectivity index (χ1) is 6.27. The molecule has 1 aromatic rings. The molecule has 1 aromatic heterocycles. The molecule has 0 aromatic carbocycles. The molecule has 0 fully saturated rings. The Morgan fingerprint density at radius 1 is 1.54 bits per heavy atom. The van der Waals surface area contributed by atoms with Crippen molar-refractivity contribution >= 4 is 11.3 Å². The average Bonchev–Trinajstić information content (AvgIpc) is 2.42. The van der Waals surface area contributed by atoms with Gasteiger partial charge in [-0.1, -0.05) is 13.8 Å². The number of hydrogen-bond acceptors (Lipinski definition) is 2. The maximum atomic E-state index is 4.43. The van der Waals surface area contributed by atoms with E-state index in [0.717, 1.165) is 11.8 Å². The first-order valence-corrected chi connectivity index (χ1v) is 6.06. The average molecular weight is 195 g/mol. The Bertz CT molecular complexity index is 277. The zero-order valence-electron chi connectivity index (χ0n) is 8.42. The van der Waals surface area contributed by atoms with Crippen molar-refractivity contribution in [3.63, 3.8) is 0 Å². The summed E-state index contributed by atoms with van der Waals surface area (Å²) in [7, 11) is 0. The highest BCUT2D eigenvalue weighted by Crippen LogP contribution is 2.30. The van der Waals surface area contributed by atoms with Crippen molar-refractivity contribution in [1.29, 1.82) is 0 Å². The second-order valence-corrected chi connectivity index (χ2v) is 5.26. The topological polar surface area (TPSA) is 12.9 Å². The summed E-state index contributed by atoms with van der Waals surface area (Å²) in [4.78, 5) is 5.98. The van der Waals surface area contributed by atoms with E-state index in [1.807, 2.05) is 16.8 Å². The number of aromatic nitrogens is 1. The zero-order valence-corrected chi connectivity index (χ0v) is 9.23. The van der Waals surface area contributed by atoms with E-state index in [1.165, 1.54) is 31.4 Å². The monoisotopic (exact) mass is 195 g/mol. The minimum Gasteiger partial charge on any atom is -0.249 e. The van der Waals surface area contributed by atoms with Gasteiger partial charge in [-0.25, -0.2) is 4.98 Å². The highest BCUT2D eigenvalue weighted by molar-refractivity contribution is 7.09. The summed E-state index contributed by atoms with van der Waals surface area (Å²) in [6.45, 7) is 4.69. The first kappa shape index (κ1) is 9.20. The second kappa shape index (κ2) is 3.79. The Labute approximate surface area is 84.2 Å². The molecule has 1 atom stereocenters. The Morgan fingerprint density at radius 3 is 3.15 bits per heavy atom. The van der Waals surface area contributed by atoms with Crippen molar-refractivity contribution in [1.82, 2.24) is 4.98 Å². The molecular weight excluding hydrogens is 178 g/mol. The van der Waals surface area contributed by atoms with E-state index >= 15 is 0 Å². The van der Waals surface area contributed by atoms with Crippen molar-refractivity contribution in [2.45, 2.75) is 39.5 Å². The molecule has 1 heterocycles. The minimum absolute atomic E-state index is 0.827. The van der Waals surface area contributed by atoms with Crippen LogP contribution in [0.25, 0.3) is 0 Å². The summed E-state index contributed by atoms with van der Waals surface area (Å²) in [5.41, 5.74) is 3.39. The van der Waals surface area contributed by atoms with Crippen molar-refractivity contribution < 1.29 is 0 Å². The molecule has 1 unspecified atom stereocenters. The van der Waals surface area contributed by atoms with E-state index in [0.29, 0.717) is 0 Å². The van der Waals surface area contributed by atoms with Gasteiger partial charge in [0.15, 0.2) is 0 Å². The number of hydrogen-bond donors (Lipinski definition) is 0. The predicted molar refractivity (Wildman–Crippen MR) is 57.1 cm³/mol. The number of rotatable bonds is 1. The van der Waals surface area contributed by atoms with Crippen LogP contribution in [0.3, 0.4) is 0 Å². The largest absolute Gasteiger partial charge is 0.249 e. The molecule has 0 spiro atoms. The van der Waals surface area contributed by atoms with Crippen LogP contribution in [-0.4, -0.2) is 4.98 Å². The molecule has 1 aliphatic rings. The smallest absolute Gasteiger partial charge is 0.0797 e. The lowest BCUT2D eigenvalue weighted by Gasteiger charge is -2.17. The van der Waals surface area contributed by atoms with E-state index in [2.05, 4.69) is 18.8 Å². The van der Waals surface area contributed by atoms with Crippen molar-refractivity contribution in [3.8, 4) is 0 Å². The van der Waals surface area contributed by atoms with Gasteiger partial charge in [0, 0.05) is 4.88 Å². The van der Waals surface area contributed by atoms with E-state index in [4.69, 9.17) is 0 Å². The van der Waals surface area contributed by atoms with Crippen LogP contribution in [0, 0.1) is 11.8 Å². The molecule has 1 nitrogen and oxygen atoms in total. The molecule has 0 bridgehead atoms. The van der Waals surface area contributed by atoms with Gasteiger partial charge in [-0.05, 0) is 37.5 Å². The van der Waals surface area contributed by atoms with Crippen LogP contribution in [-0.2, 0) is 12.8 Å². The van der Waals surface area contributed by atoms with Crippen molar-refractivity contribution in [3.05, 3.63) is 16.1 Å². The highest BCUT2D eigenvalue weighted by Gasteiger charge is 2.20. The second-order valence-electron chi connectivity index (χ2n) is 4.32. The number of aryl methyl sites for hydroxylation is 1. The Hall–Kier alpha value is -0.370. The number of fused-ring (bicyclic) bond motifs is 1. The summed E-state index contributed by atoms with van der Waals surface area (Å²) in [6.07, 6.45) is 5.21. The fraction of sp³-hybridized carbons (Fsp3) is 0.727. The van der Waals surface area contributed by atoms with Crippen LogP contribution in [0.1, 0.15) is 37.3 Å². The van der Waals surface area contributed by atoms with E-state index in [9.17, 15) is 0 Å². The van der Waals surface area contributed by atoms with Crippen LogP contribution in [0.15, 0.2) is 5.51 Å². The highest BCUT2D eigenvalue weighted by atomic mass is 32.1. The van der Waals surface area contributed by atoms with Crippen molar-refractivity contribution in [2.75, 3.05) is 0 Å². The third kappa shape index (κ3) is 1.93. The molecule has 13 heavy (non-hydrogen) atoms. The lowest BCUT2D eigenvalue weighted by molar-refractivity contribution is 0.358. The molecule has 0 radical (unpaired) electrons. The fourth-order valence-electron chi connectivity index (χ4n) is 2.10. The van der Waals surface area contributed by atoms with Gasteiger partial charge in [-0.15, -0.1) is 11.3 Å². The Kier molecular flexibility index (Phi) is 2.68. The lowest BCUT2D eigenvalue weighted by Crippen LogP contribution is -2.09. The third-order valence-electron chi connectivity index (χ3n) is 3.10. The summed E-state index contributed by atoms with van der Waals surface area (Å²) in [6, 6.07) is 0. The first-order valence-electron chi connectivity index (χ1n) is 5.18. The van der Waals surface area contributed by atoms with Gasteiger partial charge in [0.05, 0.1) is 11.2 Å². The quantitative estimate of drug-likeness (QED) is 0.627. The van der Waals surface area contributed by atoms with Gasteiger partial charge in [0.2, 0.25) is 0 Å². The maximum absolute atomic E-state index is 4.43. The minimum atomic E-state index is 0.827. The standard InChI is InChI=1S/C11H17NS/c1-8(2)9-4-3-5-10-11(6-9)13-7-12-10/h7-9H,3-6H2,1-2H3. The van der Waals surface area contributed by atoms with Crippen molar-refractivity contribution in [2.24, 2.45) is 11.8 Å². The molecule has 2 rings (SSSR count). The van der Waals surface area contributed by atoms with E-state index in [-0.39, 0.29) is 0 Å². The normalized spacial score (nSPS) is 22.8. The van der Waals surface area contributed by atoms with Gasteiger partial charge in [0.1, 0.15) is 0 Å². The van der Waals surface area contributed by atoms with Gasteiger partial charge < -0.3 is 0 Å². The lowest BCUT2D eigenvalue weighted by atomic mass is 9.89. The van der Waals surface area contributed by atoms with Crippen LogP contribution in [0.4, 0.5) is 0 Å². The molecule has 2 heteroatoms. The molecule has 0 amide bonds. The fourth-order valence-corrected chi connectivity index (χ4v) is 3.01. The number of nitrogens with zero attached hydrogens (tertiary/aromatic N) is 1. The molecule has 0 aliphatic heterocycles. The summed E-state index contributed by atoms with van der Waals surface area (Å²) in [5.74, 6) is 1.72. The summed E-state index contributed by atoms with van der Waals surface area (Å²) >= 11 is 1.85.